The van der Waals surface area contributed by atoms with Gasteiger partial charge in [-0.05, 0) is 42.5 Å². The molecule has 1 unspecified atom stereocenters. The van der Waals surface area contributed by atoms with Crippen LogP contribution in [-0.2, 0) is 0 Å². The molecule has 1 amide bonds. The van der Waals surface area contributed by atoms with Crippen LogP contribution in [0, 0.1) is 5.82 Å². The second-order valence-corrected chi connectivity index (χ2v) is 7.28. The molecule has 1 aliphatic rings. The molecule has 1 fully saturated rings. The molecule has 3 aromatic heterocycles. The zero-order valence-corrected chi connectivity index (χ0v) is 15.0. The minimum absolute atomic E-state index is 0.191. The van der Waals surface area contributed by atoms with Gasteiger partial charge in [0, 0.05) is 28.4 Å². The normalized spacial score (nSPS) is 17.1. The molecular weight excluding hydrogens is 367 g/mol. The summed E-state index contributed by atoms with van der Waals surface area (Å²) in [6.45, 7) is 0.595. The molecule has 6 nitrogen and oxygen atoms in total. The van der Waals surface area contributed by atoms with E-state index in [9.17, 15) is 9.18 Å². The summed E-state index contributed by atoms with van der Waals surface area (Å²) in [5.41, 5.74) is 1.84. The average molecular weight is 382 g/mol. The molecule has 1 atom stereocenters. The van der Waals surface area contributed by atoms with Gasteiger partial charge in [-0.15, -0.1) is 10.2 Å². The third kappa shape index (κ3) is 2.73. The van der Waals surface area contributed by atoms with Crippen LogP contribution in [0.2, 0.25) is 0 Å². The van der Waals surface area contributed by atoms with Gasteiger partial charge in [-0.3, -0.25) is 4.79 Å². The van der Waals surface area contributed by atoms with Crippen LogP contribution < -0.4 is 0 Å². The fourth-order valence-corrected chi connectivity index (χ4v) is 4.16. The van der Waals surface area contributed by atoms with Crippen molar-refractivity contribution in [2.24, 2.45) is 0 Å². The number of rotatable bonds is 3. The van der Waals surface area contributed by atoms with Crippen LogP contribution in [0.1, 0.15) is 35.3 Å². The second kappa shape index (κ2) is 6.31. The number of likely N-dealkylation sites (tertiary alicyclic amines) is 1. The Kier molecular flexibility index (Phi) is 3.78. The first kappa shape index (κ1) is 16.2. The molecule has 0 radical (unpaired) electrons. The van der Waals surface area contributed by atoms with Gasteiger partial charge >= 0.3 is 0 Å². The van der Waals surface area contributed by atoms with Gasteiger partial charge in [0.1, 0.15) is 17.6 Å². The summed E-state index contributed by atoms with van der Waals surface area (Å²) in [6, 6.07) is 7.96. The van der Waals surface area contributed by atoms with Gasteiger partial charge in [0.05, 0.1) is 0 Å². The van der Waals surface area contributed by atoms with Crippen LogP contribution in [-0.4, -0.2) is 32.5 Å². The summed E-state index contributed by atoms with van der Waals surface area (Å²) < 4.78 is 19.8. The summed E-state index contributed by atoms with van der Waals surface area (Å²) in [5, 5.41) is 12.6. The molecule has 1 aliphatic heterocycles. The number of nitrogens with one attached hydrogen (secondary N) is 1. The van der Waals surface area contributed by atoms with E-state index in [-0.39, 0.29) is 17.8 Å². The first-order valence-electron chi connectivity index (χ1n) is 8.65. The Labute approximate surface area is 157 Å². The Hall–Kier alpha value is -3.00. The third-order valence-corrected chi connectivity index (χ3v) is 5.53. The Balaban J connectivity index is 1.45. The predicted octanol–water partition coefficient (Wildman–Crippen LogP) is 4.40. The van der Waals surface area contributed by atoms with Crippen molar-refractivity contribution in [2.45, 2.75) is 18.9 Å². The molecule has 1 aromatic carbocycles. The van der Waals surface area contributed by atoms with E-state index in [0.717, 1.165) is 18.4 Å². The molecule has 0 saturated carbocycles. The van der Waals surface area contributed by atoms with Crippen molar-refractivity contribution in [1.29, 1.82) is 0 Å². The van der Waals surface area contributed by atoms with Crippen LogP contribution >= 0.6 is 11.3 Å². The number of aromatic amines is 1. The molecule has 136 valence electrons. The van der Waals surface area contributed by atoms with Crippen molar-refractivity contribution >= 4 is 28.1 Å². The van der Waals surface area contributed by atoms with Crippen molar-refractivity contribution in [3.63, 3.8) is 0 Å². The molecule has 5 rings (SSSR count). The Morgan fingerprint density at radius 3 is 3.07 bits per heavy atom. The van der Waals surface area contributed by atoms with Gasteiger partial charge in [0.15, 0.2) is 0 Å². The highest BCUT2D eigenvalue weighted by atomic mass is 32.1. The fourth-order valence-electron chi connectivity index (χ4n) is 3.53. The van der Waals surface area contributed by atoms with Crippen LogP contribution in [0.3, 0.4) is 0 Å². The number of hydrogen-bond donors (Lipinski definition) is 1. The van der Waals surface area contributed by atoms with E-state index in [4.69, 9.17) is 4.42 Å². The molecule has 4 heterocycles. The Morgan fingerprint density at radius 2 is 2.26 bits per heavy atom. The van der Waals surface area contributed by atoms with Crippen LogP contribution in [0.15, 0.2) is 45.5 Å². The number of thiophene rings is 1. The number of nitrogens with zero attached hydrogens (tertiary/aromatic N) is 3. The lowest BCUT2D eigenvalue weighted by Gasteiger charge is -2.21. The first-order valence-corrected chi connectivity index (χ1v) is 9.59. The topological polar surface area (TPSA) is 75.0 Å². The Morgan fingerprint density at radius 1 is 1.33 bits per heavy atom. The van der Waals surface area contributed by atoms with Gasteiger partial charge in [-0.2, -0.15) is 11.3 Å². The minimum atomic E-state index is -0.349. The summed E-state index contributed by atoms with van der Waals surface area (Å²) in [7, 11) is 0. The number of carbonyl (C=O) groups excluding carboxylic acids is 1. The summed E-state index contributed by atoms with van der Waals surface area (Å²) in [4.78, 5) is 17.8. The fraction of sp³-hybridized carbons (Fsp3) is 0.211. The minimum Gasteiger partial charge on any atom is -0.418 e. The number of carbonyl (C=O) groups is 1. The standard InChI is InChI=1S/C19H15FN4O2S/c20-13-3-1-4-14-12(13)9-15(21-14)19(25)24-7-2-5-16(24)18-23-22-17(26-18)11-6-8-27-10-11/h1,3-4,6,8-10,16,21H,2,5,7H2. The van der Waals surface area contributed by atoms with Crippen LogP contribution in [0.5, 0.6) is 0 Å². The van der Waals surface area contributed by atoms with E-state index >= 15 is 0 Å². The van der Waals surface area contributed by atoms with E-state index < -0.39 is 0 Å². The van der Waals surface area contributed by atoms with E-state index in [1.54, 1.807) is 34.4 Å². The molecule has 0 bridgehead atoms. The predicted molar refractivity (Wildman–Crippen MR) is 98.9 cm³/mol. The lowest BCUT2D eigenvalue weighted by Crippen LogP contribution is -2.31. The third-order valence-electron chi connectivity index (χ3n) is 4.85. The quantitative estimate of drug-likeness (QED) is 0.570. The highest BCUT2D eigenvalue weighted by Gasteiger charge is 2.35. The number of hydrogen-bond acceptors (Lipinski definition) is 5. The smallest absolute Gasteiger partial charge is 0.270 e. The molecule has 0 spiro atoms. The zero-order valence-electron chi connectivity index (χ0n) is 14.2. The molecule has 4 aromatic rings. The lowest BCUT2D eigenvalue weighted by molar-refractivity contribution is 0.0711. The van der Waals surface area contributed by atoms with E-state index in [1.165, 1.54) is 6.07 Å². The lowest BCUT2D eigenvalue weighted by atomic mass is 10.2. The first-order chi connectivity index (χ1) is 13.2. The maximum atomic E-state index is 13.9. The SMILES string of the molecule is O=C(c1cc2c(F)cccc2[nH]1)N1CCCC1c1nnc(-c2ccsc2)o1. The Bertz CT molecular complexity index is 1120. The van der Waals surface area contributed by atoms with Crippen molar-refractivity contribution in [2.75, 3.05) is 6.54 Å². The van der Waals surface area contributed by atoms with Crippen molar-refractivity contribution < 1.29 is 13.6 Å². The van der Waals surface area contributed by atoms with Gasteiger partial charge in [-0.25, -0.2) is 4.39 Å². The number of halogens is 1. The van der Waals surface area contributed by atoms with Gasteiger partial charge in [0.25, 0.3) is 5.91 Å². The maximum absolute atomic E-state index is 13.9. The number of amides is 1. The van der Waals surface area contributed by atoms with Gasteiger partial charge < -0.3 is 14.3 Å². The number of aromatic nitrogens is 3. The highest BCUT2D eigenvalue weighted by Crippen LogP contribution is 2.34. The number of benzene rings is 1. The largest absolute Gasteiger partial charge is 0.418 e. The number of fused-ring (bicyclic) bond motifs is 1. The zero-order chi connectivity index (χ0) is 18.4. The maximum Gasteiger partial charge on any atom is 0.270 e. The molecule has 0 aliphatic carbocycles. The molecule has 1 saturated heterocycles. The van der Waals surface area contributed by atoms with Gasteiger partial charge in [0.2, 0.25) is 11.8 Å². The average Bonchev–Trinajstić information content (AvgIpc) is 3.47. The van der Waals surface area contributed by atoms with Crippen molar-refractivity contribution in [3.8, 4) is 11.5 Å². The highest BCUT2D eigenvalue weighted by molar-refractivity contribution is 7.08. The van der Waals surface area contributed by atoms with Crippen LogP contribution in [0.4, 0.5) is 4.39 Å². The summed E-state index contributed by atoms with van der Waals surface area (Å²) >= 11 is 1.55. The summed E-state index contributed by atoms with van der Waals surface area (Å²) in [5.74, 6) is 0.351. The molecule has 1 N–H and O–H groups in total. The van der Waals surface area contributed by atoms with Gasteiger partial charge in [-0.1, -0.05) is 6.07 Å². The summed E-state index contributed by atoms with van der Waals surface area (Å²) in [6.07, 6.45) is 1.60. The molecule has 27 heavy (non-hydrogen) atoms. The monoisotopic (exact) mass is 382 g/mol. The van der Waals surface area contributed by atoms with E-state index in [1.807, 2.05) is 16.8 Å². The van der Waals surface area contributed by atoms with Crippen molar-refractivity contribution in [1.82, 2.24) is 20.1 Å². The second-order valence-electron chi connectivity index (χ2n) is 6.50. The van der Waals surface area contributed by atoms with Crippen molar-refractivity contribution in [3.05, 3.63) is 58.5 Å². The molecule has 8 heteroatoms. The molecular formula is C19H15FN4O2S. The van der Waals surface area contributed by atoms with Crippen LogP contribution in [0.25, 0.3) is 22.4 Å². The van der Waals surface area contributed by atoms with E-state index in [0.29, 0.717) is 34.9 Å². The number of H-pyrrole nitrogens is 1. The van der Waals surface area contributed by atoms with E-state index in [2.05, 4.69) is 15.2 Å².